The van der Waals surface area contributed by atoms with Gasteiger partial charge in [0.25, 0.3) is 5.91 Å². The number of aryl methyl sites for hydroxylation is 1. The Balaban J connectivity index is 1.57. The molecule has 0 aromatic carbocycles. The first-order chi connectivity index (χ1) is 13.4. The molecule has 12 heteroatoms. The lowest BCUT2D eigenvalue weighted by atomic mass is 10.2. The van der Waals surface area contributed by atoms with Crippen LogP contribution in [0, 0.1) is 6.92 Å². The first kappa shape index (κ1) is 19.3. The minimum Gasteiger partial charge on any atom is -0.352 e. The van der Waals surface area contributed by atoms with E-state index in [9.17, 15) is 18.4 Å². The van der Waals surface area contributed by atoms with E-state index >= 15 is 0 Å². The number of halogens is 2. The van der Waals surface area contributed by atoms with Gasteiger partial charge >= 0.3 is 0 Å². The third-order valence-corrected chi connectivity index (χ3v) is 3.80. The van der Waals surface area contributed by atoms with Crippen LogP contribution in [0.15, 0.2) is 23.1 Å². The van der Waals surface area contributed by atoms with Crippen LogP contribution < -0.4 is 10.6 Å². The van der Waals surface area contributed by atoms with Crippen LogP contribution in [0.4, 0.5) is 8.78 Å². The summed E-state index contributed by atoms with van der Waals surface area (Å²) in [7, 11) is 0. The Bertz CT molecular complexity index is 986. The Morgan fingerprint density at radius 1 is 1.25 bits per heavy atom. The molecule has 0 spiro atoms. The third kappa shape index (κ3) is 4.84. The van der Waals surface area contributed by atoms with Crippen LogP contribution in [0.3, 0.4) is 0 Å². The van der Waals surface area contributed by atoms with E-state index < -0.39 is 24.7 Å². The Kier molecular flexibility index (Phi) is 5.87. The smallest absolute Gasteiger partial charge is 0.275 e. The number of amides is 2. The van der Waals surface area contributed by atoms with Crippen molar-refractivity contribution in [1.29, 1.82) is 0 Å². The van der Waals surface area contributed by atoms with E-state index in [1.807, 2.05) is 0 Å². The average Bonchev–Trinajstić information content (AvgIpc) is 3.27. The summed E-state index contributed by atoms with van der Waals surface area (Å²) in [5.41, 5.74) is 2.24. The maximum absolute atomic E-state index is 12.1. The standard InChI is InChI=1S/C16H17F2N7O3/c1-9-15(24-28-23-9)16(27)20-7-11-8-25-13(22-11)4-10(6-21-25)5-19-14(26)3-2-12(17)18/h4,6,8,12H,2-3,5,7H2,1H3,(H,19,26)(H,20,27). The minimum atomic E-state index is -2.50. The highest BCUT2D eigenvalue weighted by atomic mass is 19.3. The van der Waals surface area contributed by atoms with Crippen molar-refractivity contribution < 1.29 is 23.0 Å². The van der Waals surface area contributed by atoms with Gasteiger partial charge in [0.05, 0.1) is 24.6 Å². The molecule has 148 valence electrons. The Morgan fingerprint density at radius 2 is 2.07 bits per heavy atom. The number of fused-ring (bicyclic) bond motifs is 1. The summed E-state index contributed by atoms with van der Waals surface area (Å²) in [6.07, 6.45) is -0.0237. The van der Waals surface area contributed by atoms with Crippen molar-refractivity contribution in [2.45, 2.75) is 39.3 Å². The van der Waals surface area contributed by atoms with Gasteiger partial charge in [0, 0.05) is 19.4 Å². The number of hydrogen-bond acceptors (Lipinski definition) is 7. The summed E-state index contributed by atoms with van der Waals surface area (Å²) in [6, 6.07) is 1.71. The molecule has 3 rings (SSSR count). The number of nitrogens with one attached hydrogen (secondary N) is 2. The van der Waals surface area contributed by atoms with Gasteiger partial charge in [-0.15, -0.1) is 0 Å². The fraction of sp³-hybridized carbons (Fsp3) is 0.375. The molecule has 0 radical (unpaired) electrons. The van der Waals surface area contributed by atoms with E-state index in [-0.39, 0.29) is 25.2 Å². The normalized spacial score (nSPS) is 11.1. The predicted molar refractivity (Wildman–Crippen MR) is 90.3 cm³/mol. The second-order valence-corrected chi connectivity index (χ2v) is 5.99. The molecule has 0 fully saturated rings. The fourth-order valence-corrected chi connectivity index (χ4v) is 2.37. The summed E-state index contributed by atoms with van der Waals surface area (Å²) in [5.74, 6) is -0.888. The van der Waals surface area contributed by atoms with E-state index in [0.29, 0.717) is 22.6 Å². The van der Waals surface area contributed by atoms with Gasteiger partial charge in [-0.25, -0.2) is 22.9 Å². The van der Waals surface area contributed by atoms with Crippen molar-refractivity contribution in [3.8, 4) is 0 Å². The van der Waals surface area contributed by atoms with E-state index in [1.54, 1.807) is 19.2 Å². The van der Waals surface area contributed by atoms with Crippen molar-refractivity contribution in [3.05, 3.63) is 41.1 Å². The summed E-state index contributed by atoms with van der Waals surface area (Å²) < 4.78 is 30.2. The van der Waals surface area contributed by atoms with Crippen molar-refractivity contribution in [2.75, 3.05) is 0 Å². The van der Waals surface area contributed by atoms with Gasteiger partial charge in [-0.05, 0) is 23.7 Å². The predicted octanol–water partition coefficient (Wildman–Crippen LogP) is 1.01. The highest BCUT2D eigenvalue weighted by molar-refractivity contribution is 5.92. The molecule has 2 N–H and O–H groups in total. The summed E-state index contributed by atoms with van der Waals surface area (Å²) in [4.78, 5) is 27.9. The van der Waals surface area contributed by atoms with Crippen LogP contribution in [0.25, 0.3) is 5.65 Å². The van der Waals surface area contributed by atoms with E-state index in [2.05, 4.69) is 35.7 Å². The summed E-state index contributed by atoms with van der Waals surface area (Å²) in [6.45, 7) is 1.91. The van der Waals surface area contributed by atoms with Gasteiger partial charge < -0.3 is 10.6 Å². The van der Waals surface area contributed by atoms with Crippen molar-refractivity contribution in [3.63, 3.8) is 0 Å². The number of hydrogen-bond donors (Lipinski definition) is 2. The van der Waals surface area contributed by atoms with Crippen LogP contribution in [-0.4, -0.2) is 43.2 Å². The highest BCUT2D eigenvalue weighted by Crippen LogP contribution is 2.08. The molecule has 2 amide bonds. The number of imidazole rings is 1. The molecule has 10 nitrogen and oxygen atoms in total. The van der Waals surface area contributed by atoms with E-state index in [0.717, 1.165) is 0 Å². The largest absolute Gasteiger partial charge is 0.352 e. The summed E-state index contributed by atoms with van der Waals surface area (Å²) >= 11 is 0. The molecule has 0 bridgehead atoms. The quantitative estimate of drug-likeness (QED) is 0.585. The Labute approximate surface area is 157 Å². The average molecular weight is 393 g/mol. The van der Waals surface area contributed by atoms with Gasteiger partial charge in [0.15, 0.2) is 11.3 Å². The molecule has 0 aliphatic heterocycles. The van der Waals surface area contributed by atoms with Crippen molar-refractivity contribution in [2.24, 2.45) is 0 Å². The second-order valence-electron chi connectivity index (χ2n) is 5.99. The van der Waals surface area contributed by atoms with Crippen molar-refractivity contribution >= 4 is 17.5 Å². The Morgan fingerprint density at radius 3 is 2.79 bits per heavy atom. The molecule has 3 heterocycles. The molecule has 3 aromatic heterocycles. The number of aromatic nitrogens is 5. The second kappa shape index (κ2) is 8.50. The van der Waals surface area contributed by atoms with Crippen LogP contribution in [0.1, 0.15) is 40.3 Å². The molecule has 3 aromatic rings. The molecule has 0 unspecified atom stereocenters. The SMILES string of the molecule is Cc1nonc1C(=O)NCc1cn2ncc(CNC(=O)CCC(F)F)cc2n1. The maximum atomic E-state index is 12.1. The molecule has 0 aliphatic carbocycles. The van der Waals surface area contributed by atoms with Crippen LogP contribution in [0.2, 0.25) is 0 Å². The zero-order valence-electron chi connectivity index (χ0n) is 14.9. The van der Waals surface area contributed by atoms with Gasteiger partial charge in [0.2, 0.25) is 12.3 Å². The molecular formula is C16H17F2N7O3. The number of rotatable bonds is 8. The maximum Gasteiger partial charge on any atom is 0.275 e. The molecule has 0 aliphatic rings. The number of carbonyl (C=O) groups excluding carboxylic acids is 2. The van der Waals surface area contributed by atoms with E-state index in [1.165, 1.54) is 10.7 Å². The molecule has 0 saturated carbocycles. The highest BCUT2D eigenvalue weighted by Gasteiger charge is 2.15. The van der Waals surface area contributed by atoms with Crippen LogP contribution in [-0.2, 0) is 17.9 Å². The number of carbonyl (C=O) groups is 2. The van der Waals surface area contributed by atoms with Crippen LogP contribution in [0.5, 0.6) is 0 Å². The molecule has 28 heavy (non-hydrogen) atoms. The van der Waals surface area contributed by atoms with Gasteiger partial charge in [-0.2, -0.15) is 5.10 Å². The lowest BCUT2D eigenvalue weighted by Gasteiger charge is -2.05. The molecular weight excluding hydrogens is 376 g/mol. The Hall–Kier alpha value is -3.44. The van der Waals surface area contributed by atoms with E-state index in [4.69, 9.17) is 0 Å². The third-order valence-electron chi connectivity index (χ3n) is 3.80. The first-order valence-electron chi connectivity index (χ1n) is 8.37. The molecule has 0 saturated heterocycles. The monoisotopic (exact) mass is 393 g/mol. The van der Waals surface area contributed by atoms with Gasteiger partial charge in [-0.1, -0.05) is 5.16 Å². The van der Waals surface area contributed by atoms with Crippen molar-refractivity contribution in [1.82, 2.24) is 35.5 Å². The zero-order valence-corrected chi connectivity index (χ0v) is 14.9. The lowest BCUT2D eigenvalue weighted by molar-refractivity contribution is -0.122. The molecule has 0 atom stereocenters. The fourth-order valence-electron chi connectivity index (χ4n) is 2.37. The number of nitrogens with zero attached hydrogens (tertiary/aromatic N) is 5. The zero-order chi connectivity index (χ0) is 20.1. The minimum absolute atomic E-state index is 0.103. The topological polar surface area (TPSA) is 127 Å². The summed E-state index contributed by atoms with van der Waals surface area (Å²) in [5, 5.41) is 16.5. The van der Waals surface area contributed by atoms with Gasteiger partial charge in [-0.3, -0.25) is 9.59 Å². The lowest BCUT2D eigenvalue weighted by Crippen LogP contribution is -2.24. The number of alkyl halides is 2. The van der Waals surface area contributed by atoms with Gasteiger partial charge in [0.1, 0.15) is 5.69 Å². The van der Waals surface area contributed by atoms with Crippen LogP contribution >= 0.6 is 0 Å². The first-order valence-corrected chi connectivity index (χ1v) is 8.37.